The van der Waals surface area contributed by atoms with Gasteiger partial charge in [0, 0.05) is 28.1 Å². The topological polar surface area (TPSA) is 37.4 Å². The third-order valence-electron chi connectivity index (χ3n) is 2.91. The first-order valence-corrected chi connectivity index (χ1v) is 9.46. The van der Waals surface area contributed by atoms with E-state index in [0.29, 0.717) is 33.1 Å². The second-order valence-electron chi connectivity index (χ2n) is 4.66. The normalized spacial score (nSPS) is 25.5. The van der Waals surface area contributed by atoms with E-state index in [9.17, 15) is 8.42 Å². The maximum absolute atomic E-state index is 12.6. The Balaban J connectivity index is 2.33. The van der Waals surface area contributed by atoms with Gasteiger partial charge in [-0.3, -0.25) is 0 Å². The highest BCUT2D eigenvalue weighted by Gasteiger charge is 2.32. The van der Waals surface area contributed by atoms with E-state index in [-0.39, 0.29) is 4.90 Å². The summed E-state index contributed by atoms with van der Waals surface area (Å²) in [7, 11) is -3.44. The predicted octanol–water partition coefficient (Wildman–Crippen LogP) is 3.62. The minimum atomic E-state index is -3.44. The lowest BCUT2D eigenvalue weighted by Gasteiger charge is -2.33. The van der Waals surface area contributed by atoms with Crippen LogP contribution in [0.15, 0.2) is 27.6 Å². The van der Waals surface area contributed by atoms with Crippen molar-refractivity contribution in [3.8, 4) is 0 Å². The Morgan fingerprint density at radius 1 is 1.32 bits per heavy atom. The molecule has 2 atom stereocenters. The lowest BCUT2D eigenvalue weighted by molar-refractivity contribution is 0.405. The van der Waals surface area contributed by atoms with Crippen LogP contribution in [0.5, 0.6) is 0 Å². The van der Waals surface area contributed by atoms with Crippen molar-refractivity contribution in [1.82, 2.24) is 4.31 Å². The van der Waals surface area contributed by atoms with E-state index in [1.54, 1.807) is 22.5 Å². The van der Waals surface area contributed by atoms with Crippen molar-refractivity contribution in [2.45, 2.75) is 29.2 Å². The Bertz CT molecular complexity index is 569. The van der Waals surface area contributed by atoms with Gasteiger partial charge in [0.25, 0.3) is 0 Å². The van der Waals surface area contributed by atoms with E-state index in [4.69, 9.17) is 11.6 Å². The van der Waals surface area contributed by atoms with E-state index in [2.05, 4.69) is 29.8 Å². The minimum Gasteiger partial charge on any atom is -0.207 e. The van der Waals surface area contributed by atoms with Crippen LogP contribution in [-0.4, -0.2) is 36.3 Å². The summed E-state index contributed by atoms with van der Waals surface area (Å²) >= 11 is 11.0. The van der Waals surface area contributed by atoms with Crippen LogP contribution in [0, 0.1) is 0 Å². The first-order chi connectivity index (χ1) is 8.80. The lowest BCUT2D eigenvalue weighted by Crippen LogP contribution is -2.43. The van der Waals surface area contributed by atoms with Crippen molar-refractivity contribution in [1.29, 1.82) is 0 Å². The zero-order valence-corrected chi connectivity index (χ0v) is 14.6. The molecule has 0 saturated carbocycles. The molecule has 1 aromatic carbocycles. The quantitative estimate of drug-likeness (QED) is 0.781. The molecular formula is C12H15BrClNO2S2. The van der Waals surface area contributed by atoms with Gasteiger partial charge in [0.05, 0.1) is 9.92 Å². The molecule has 1 aliphatic rings. The van der Waals surface area contributed by atoms with Crippen LogP contribution in [-0.2, 0) is 10.0 Å². The smallest absolute Gasteiger partial charge is 0.207 e. The van der Waals surface area contributed by atoms with Gasteiger partial charge in [-0.2, -0.15) is 16.1 Å². The Morgan fingerprint density at radius 3 is 2.42 bits per heavy atom. The monoisotopic (exact) mass is 383 g/mol. The number of hydrogen-bond acceptors (Lipinski definition) is 3. The zero-order valence-electron chi connectivity index (χ0n) is 10.6. The fourth-order valence-corrected chi connectivity index (χ4v) is 5.92. The zero-order chi connectivity index (χ0) is 14.2. The average molecular weight is 385 g/mol. The van der Waals surface area contributed by atoms with E-state index >= 15 is 0 Å². The van der Waals surface area contributed by atoms with E-state index in [1.165, 1.54) is 0 Å². The van der Waals surface area contributed by atoms with Crippen LogP contribution < -0.4 is 0 Å². The SMILES string of the molecule is CC1CN(S(=O)(=O)c2ccc(Cl)c(Br)c2)CC(C)S1. The van der Waals surface area contributed by atoms with Crippen molar-refractivity contribution in [3.63, 3.8) is 0 Å². The van der Waals surface area contributed by atoms with Crippen LogP contribution in [0.1, 0.15) is 13.8 Å². The molecule has 0 radical (unpaired) electrons. The Hall–Kier alpha value is 0.250. The number of nitrogens with zero attached hydrogens (tertiary/aromatic N) is 1. The summed E-state index contributed by atoms with van der Waals surface area (Å²) in [5, 5.41) is 1.14. The summed E-state index contributed by atoms with van der Waals surface area (Å²) in [4.78, 5) is 0.287. The van der Waals surface area contributed by atoms with Gasteiger partial charge in [0.15, 0.2) is 0 Å². The molecule has 2 unspecified atom stereocenters. The van der Waals surface area contributed by atoms with Gasteiger partial charge in [0.2, 0.25) is 10.0 Å². The number of rotatable bonds is 2. The molecule has 106 valence electrons. The fourth-order valence-electron chi connectivity index (χ4n) is 2.11. The summed E-state index contributed by atoms with van der Waals surface area (Å²) in [6.45, 7) is 5.22. The fraction of sp³-hybridized carbons (Fsp3) is 0.500. The van der Waals surface area contributed by atoms with E-state index in [1.807, 2.05) is 11.8 Å². The molecule has 1 fully saturated rings. The molecule has 2 rings (SSSR count). The van der Waals surface area contributed by atoms with E-state index < -0.39 is 10.0 Å². The number of sulfonamides is 1. The van der Waals surface area contributed by atoms with Crippen molar-refractivity contribution in [2.75, 3.05) is 13.1 Å². The van der Waals surface area contributed by atoms with Crippen molar-refractivity contribution < 1.29 is 8.42 Å². The van der Waals surface area contributed by atoms with Crippen molar-refractivity contribution >= 4 is 49.3 Å². The lowest BCUT2D eigenvalue weighted by atomic mass is 10.4. The molecule has 1 aromatic rings. The molecule has 0 aromatic heterocycles. The summed E-state index contributed by atoms with van der Waals surface area (Å²) in [6, 6.07) is 4.72. The first-order valence-electron chi connectivity index (χ1n) is 5.91. The van der Waals surface area contributed by atoms with Crippen LogP contribution in [0.25, 0.3) is 0 Å². The molecule has 1 aliphatic heterocycles. The van der Waals surface area contributed by atoms with Gasteiger partial charge in [0.1, 0.15) is 0 Å². The summed E-state index contributed by atoms with van der Waals surface area (Å²) < 4.78 is 27.4. The van der Waals surface area contributed by atoms with Crippen LogP contribution in [0.2, 0.25) is 5.02 Å². The van der Waals surface area contributed by atoms with Gasteiger partial charge in [-0.25, -0.2) is 8.42 Å². The molecular weight excluding hydrogens is 370 g/mol. The van der Waals surface area contributed by atoms with E-state index in [0.717, 1.165) is 0 Å². The number of thioether (sulfide) groups is 1. The Labute approximate surface area is 131 Å². The summed E-state index contributed by atoms with van der Waals surface area (Å²) in [6.07, 6.45) is 0. The molecule has 0 bridgehead atoms. The highest BCUT2D eigenvalue weighted by atomic mass is 79.9. The second kappa shape index (κ2) is 5.93. The molecule has 19 heavy (non-hydrogen) atoms. The Kier molecular flexibility index (Phi) is 4.88. The van der Waals surface area contributed by atoms with Gasteiger partial charge in [-0.05, 0) is 34.1 Å². The number of benzene rings is 1. The van der Waals surface area contributed by atoms with Gasteiger partial charge >= 0.3 is 0 Å². The average Bonchev–Trinajstić information content (AvgIpc) is 2.31. The van der Waals surface area contributed by atoms with Gasteiger partial charge in [-0.15, -0.1) is 0 Å². The molecule has 0 aliphatic carbocycles. The molecule has 0 spiro atoms. The third-order valence-corrected chi connectivity index (χ3v) is 7.18. The standard InChI is InChI=1S/C12H15BrClNO2S2/c1-8-6-15(7-9(2)18-8)19(16,17)10-3-4-12(14)11(13)5-10/h3-5,8-9H,6-7H2,1-2H3. The maximum atomic E-state index is 12.6. The highest BCUT2D eigenvalue weighted by molar-refractivity contribution is 9.10. The van der Waals surface area contributed by atoms with Crippen molar-refractivity contribution in [2.24, 2.45) is 0 Å². The van der Waals surface area contributed by atoms with Crippen LogP contribution >= 0.6 is 39.3 Å². The van der Waals surface area contributed by atoms with Crippen molar-refractivity contribution in [3.05, 3.63) is 27.7 Å². The third kappa shape index (κ3) is 3.47. The van der Waals surface area contributed by atoms with Gasteiger partial charge < -0.3 is 0 Å². The van der Waals surface area contributed by atoms with Crippen LogP contribution in [0.3, 0.4) is 0 Å². The number of hydrogen-bond donors (Lipinski definition) is 0. The molecule has 1 heterocycles. The minimum absolute atomic E-state index is 0.287. The highest BCUT2D eigenvalue weighted by Crippen LogP contribution is 2.31. The number of halogens is 2. The molecule has 0 N–H and O–H groups in total. The summed E-state index contributed by atoms with van der Waals surface area (Å²) in [5.41, 5.74) is 0. The first kappa shape index (κ1) is 15.6. The largest absolute Gasteiger partial charge is 0.243 e. The molecule has 7 heteroatoms. The van der Waals surface area contributed by atoms with Crippen LogP contribution in [0.4, 0.5) is 0 Å². The molecule has 3 nitrogen and oxygen atoms in total. The maximum Gasteiger partial charge on any atom is 0.243 e. The predicted molar refractivity (Wildman–Crippen MR) is 84.4 cm³/mol. The Morgan fingerprint density at radius 2 is 1.89 bits per heavy atom. The second-order valence-corrected chi connectivity index (χ2v) is 9.74. The summed E-state index contributed by atoms with van der Waals surface area (Å²) in [5.74, 6) is 0. The molecule has 0 amide bonds. The van der Waals surface area contributed by atoms with Gasteiger partial charge in [-0.1, -0.05) is 25.4 Å². The molecule has 1 saturated heterocycles.